The molecule has 0 bridgehead atoms. The van der Waals surface area contributed by atoms with Gasteiger partial charge in [-0.05, 0) is 67.4 Å². The quantitative estimate of drug-likeness (QED) is 0.389. The highest BCUT2D eigenvalue weighted by Gasteiger charge is 2.24. The van der Waals surface area contributed by atoms with E-state index in [0.29, 0.717) is 17.8 Å². The van der Waals surface area contributed by atoms with Crippen LogP contribution in [0.25, 0.3) is 10.9 Å². The number of thiophene rings is 1. The van der Waals surface area contributed by atoms with Gasteiger partial charge in [-0.1, -0.05) is 12.5 Å². The lowest BCUT2D eigenvalue weighted by atomic mass is 9.81. The second-order valence-electron chi connectivity index (χ2n) is 6.80. The summed E-state index contributed by atoms with van der Waals surface area (Å²) < 4.78 is 0. The van der Waals surface area contributed by atoms with Gasteiger partial charge in [0.2, 0.25) is 0 Å². The van der Waals surface area contributed by atoms with Crippen LogP contribution in [0, 0.1) is 0 Å². The fourth-order valence-electron chi connectivity index (χ4n) is 3.89. The largest absolute Gasteiger partial charge is 0.383 e. The molecule has 0 saturated heterocycles. The SMILES string of the molecule is CNC1CCCC(c2c[nH]c3ccc(N=C(N)c4cccs4)cc23)C1.Cl.Cl. The summed E-state index contributed by atoms with van der Waals surface area (Å²) in [7, 11) is 2.07. The molecule has 1 saturated carbocycles. The zero-order chi connectivity index (χ0) is 17.2. The molecule has 3 aromatic rings. The molecule has 0 radical (unpaired) electrons. The lowest BCUT2D eigenvalue weighted by Crippen LogP contribution is -2.30. The van der Waals surface area contributed by atoms with Crippen LogP contribution in [-0.2, 0) is 0 Å². The zero-order valence-electron chi connectivity index (χ0n) is 15.3. The number of aliphatic imine (C=N–C) groups is 1. The van der Waals surface area contributed by atoms with Crippen LogP contribution in [0.15, 0.2) is 46.9 Å². The molecule has 0 aliphatic heterocycles. The number of hydrogen-bond acceptors (Lipinski definition) is 3. The molecule has 4 N–H and O–H groups in total. The highest BCUT2D eigenvalue weighted by molar-refractivity contribution is 7.12. The normalized spacial score (nSPS) is 20.1. The van der Waals surface area contributed by atoms with Crippen molar-refractivity contribution in [2.45, 2.75) is 37.6 Å². The molecule has 2 atom stereocenters. The molecular formula is C20H26Cl2N4S. The van der Waals surface area contributed by atoms with Gasteiger partial charge in [-0.25, -0.2) is 4.99 Å². The smallest absolute Gasteiger partial charge is 0.141 e. The van der Waals surface area contributed by atoms with Crippen molar-refractivity contribution in [1.29, 1.82) is 0 Å². The van der Waals surface area contributed by atoms with Gasteiger partial charge in [0.25, 0.3) is 0 Å². The third kappa shape index (κ3) is 4.66. The molecule has 1 aliphatic carbocycles. The van der Waals surface area contributed by atoms with Crippen molar-refractivity contribution >= 4 is 58.6 Å². The van der Waals surface area contributed by atoms with Crippen LogP contribution in [0.2, 0.25) is 0 Å². The van der Waals surface area contributed by atoms with E-state index >= 15 is 0 Å². The monoisotopic (exact) mass is 424 g/mol. The Hall–Kier alpha value is -1.53. The summed E-state index contributed by atoms with van der Waals surface area (Å²) in [6.45, 7) is 0. The van der Waals surface area contributed by atoms with E-state index in [2.05, 4.69) is 40.7 Å². The maximum atomic E-state index is 6.15. The van der Waals surface area contributed by atoms with Crippen LogP contribution in [0.4, 0.5) is 5.69 Å². The number of nitrogens with two attached hydrogens (primary N) is 1. The molecule has 0 spiro atoms. The molecule has 1 fully saturated rings. The molecule has 146 valence electrons. The standard InChI is InChI=1S/C20H24N4S.2ClH/c1-22-14-5-2-4-13(10-14)17-12-23-18-8-7-15(11-16(17)18)24-20(21)19-6-3-9-25-19;;/h3,6-9,11-14,22-23H,2,4-5,10H2,1H3,(H2,21,24);2*1H. The van der Waals surface area contributed by atoms with Gasteiger partial charge in [-0.15, -0.1) is 36.2 Å². The van der Waals surface area contributed by atoms with E-state index in [0.717, 1.165) is 10.6 Å². The van der Waals surface area contributed by atoms with Crippen molar-refractivity contribution in [3.63, 3.8) is 0 Å². The van der Waals surface area contributed by atoms with E-state index in [1.807, 2.05) is 23.6 Å². The van der Waals surface area contributed by atoms with Crippen LogP contribution < -0.4 is 11.1 Å². The third-order valence-corrected chi connectivity index (χ3v) is 6.14. The van der Waals surface area contributed by atoms with Gasteiger partial charge in [0.1, 0.15) is 5.84 Å². The number of nitrogens with zero attached hydrogens (tertiary/aromatic N) is 1. The first kappa shape index (κ1) is 21.8. The Morgan fingerprint density at radius 2 is 2.11 bits per heavy atom. The molecule has 27 heavy (non-hydrogen) atoms. The van der Waals surface area contributed by atoms with Crippen molar-refractivity contribution in [2.24, 2.45) is 10.7 Å². The minimum Gasteiger partial charge on any atom is -0.383 e. The van der Waals surface area contributed by atoms with E-state index in [4.69, 9.17) is 5.73 Å². The van der Waals surface area contributed by atoms with Gasteiger partial charge in [0.05, 0.1) is 10.6 Å². The predicted molar refractivity (Wildman–Crippen MR) is 122 cm³/mol. The molecule has 2 heterocycles. The number of aromatic amines is 1. The number of benzene rings is 1. The Morgan fingerprint density at radius 3 is 2.85 bits per heavy atom. The maximum absolute atomic E-state index is 6.15. The topological polar surface area (TPSA) is 66.2 Å². The minimum atomic E-state index is 0. The van der Waals surface area contributed by atoms with Gasteiger partial charge in [0.15, 0.2) is 0 Å². The summed E-state index contributed by atoms with van der Waals surface area (Å²) in [5, 5.41) is 6.75. The Bertz CT molecular complexity index is 889. The second-order valence-corrected chi connectivity index (χ2v) is 7.75. The molecular weight excluding hydrogens is 399 g/mol. The lowest BCUT2D eigenvalue weighted by molar-refractivity contribution is 0.356. The Balaban J connectivity index is 0.00000131. The van der Waals surface area contributed by atoms with Gasteiger partial charge in [0, 0.05) is 23.1 Å². The van der Waals surface area contributed by atoms with E-state index in [1.54, 1.807) is 11.3 Å². The van der Waals surface area contributed by atoms with Crippen molar-refractivity contribution in [1.82, 2.24) is 10.3 Å². The summed E-state index contributed by atoms with van der Waals surface area (Å²) in [5.41, 5.74) is 9.66. The Labute approximate surface area is 176 Å². The molecule has 4 rings (SSSR count). The highest BCUT2D eigenvalue weighted by atomic mass is 35.5. The van der Waals surface area contributed by atoms with Crippen LogP contribution in [0.3, 0.4) is 0 Å². The van der Waals surface area contributed by atoms with Crippen molar-refractivity contribution in [2.75, 3.05) is 7.05 Å². The van der Waals surface area contributed by atoms with Crippen molar-refractivity contribution in [3.05, 3.63) is 52.3 Å². The third-order valence-electron chi connectivity index (χ3n) is 5.24. The molecule has 1 aromatic carbocycles. The van der Waals surface area contributed by atoms with E-state index in [1.165, 1.54) is 42.1 Å². The van der Waals surface area contributed by atoms with Crippen molar-refractivity contribution in [3.8, 4) is 0 Å². The van der Waals surface area contributed by atoms with Crippen LogP contribution in [0.5, 0.6) is 0 Å². The summed E-state index contributed by atoms with van der Waals surface area (Å²) in [5.74, 6) is 1.19. The highest BCUT2D eigenvalue weighted by Crippen LogP contribution is 2.37. The Kier molecular flexibility index (Phi) is 7.74. The fourth-order valence-corrected chi connectivity index (χ4v) is 4.52. The first-order valence-electron chi connectivity index (χ1n) is 8.91. The second kappa shape index (κ2) is 9.60. The zero-order valence-corrected chi connectivity index (χ0v) is 17.7. The average molecular weight is 425 g/mol. The number of fused-ring (bicyclic) bond motifs is 1. The average Bonchev–Trinajstić information content (AvgIpc) is 3.31. The fraction of sp³-hybridized carbons (Fsp3) is 0.350. The number of aromatic nitrogens is 1. The number of halogens is 2. The molecule has 2 unspecified atom stereocenters. The van der Waals surface area contributed by atoms with E-state index < -0.39 is 0 Å². The number of rotatable bonds is 4. The maximum Gasteiger partial charge on any atom is 0.141 e. The number of H-pyrrole nitrogens is 1. The summed E-state index contributed by atoms with van der Waals surface area (Å²) in [6, 6.07) is 10.9. The summed E-state index contributed by atoms with van der Waals surface area (Å²) >= 11 is 1.62. The van der Waals surface area contributed by atoms with Crippen molar-refractivity contribution < 1.29 is 0 Å². The Morgan fingerprint density at radius 1 is 1.26 bits per heavy atom. The molecule has 1 aliphatic rings. The van der Waals surface area contributed by atoms with Crippen LogP contribution in [-0.4, -0.2) is 23.9 Å². The minimum absolute atomic E-state index is 0. The lowest BCUT2D eigenvalue weighted by Gasteiger charge is -2.28. The molecule has 2 aromatic heterocycles. The predicted octanol–water partition coefficient (Wildman–Crippen LogP) is 5.36. The summed E-state index contributed by atoms with van der Waals surface area (Å²) in [6.07, 6.45) is 7.21. The molecule has 7 heteroatoms. The first-order chi connectivity index (χ1) is 12.2. The van der Waals surface area contributed by atoms with Gasteiger partial charge in [-0.3, -0.25) is 0 Å². The van der Waals surface area contributed by atoms with Gasteiger partial charge < -0.3 is 16.0 Å². The van der Waals surface area contributed by atoms with E-state index in [9.17, 15) is 0 Å². The number of amidine groups is 1. The number of nitrogens with one attached hydrogen (secondary N) is 2. The van der Waals surface area contributed by atoms with E-state index in [-0.39, 0.29) is 24.8 Å². The molecule has 0 amide bonds. The van der Waals surface area contributed by atoms with Gasteiger partial charge >= 0.3 is 0 Å². The van der Waals surface area contributed by atoms with Crippen LogP contribution >= 0.6 is 36.2 Å². The first-order valence-corrected chi connectivity index (χ1v) is 9.79. The molecule has 4 nitrogen and oxygen atoms in total. The van der Waals surface area contributed by atoms with Gasteiger partial charge in [-0.2, -0.15) is 0 Å². The van der Waals surface area contributed by atoms with Crippen LogP contribution in [0.1, 0.15) is 42.0 Å². The summed E-state index contributed by atoms with van der Waals surface area (Å²) in [4.78, 5) is 9.07. The number of hydrogen-bond donors (Lipinski definition) is 3.